The van der Waals surface area contributed by atoms with Gasteiger partial charge in [-0.1, -0.05) is 6.07 Å². The fourth-order valence-electron chi connectivity index (χ4n) is 1.65. The lowest BCUT2D eigenvalue weighted by atomic mass is 9.87. The molecule has 1 unspecified atom stereocenters. The van der Waals surface area contributed by atoms with Gasteiger partial charge in [0.2, 0.25) is 0 Å². The van der Waals surface area contributed by atoms with Crippen molar-refractivity contribution in [2.45, 2.75) is 18.9 Å². The maximum absolute atomic E-state index is 13.1. The van der Waals surface area contributed by atoms with Gasteiger partial charge in [-0.25, -0.2) is 9.18 Å². The second-order valence-electron chi connectivity index (χ2n) is 3.83. The van der Waals surface area contributed by atoms with Gasteiger partial charge in [0.05, 0.1) is 17.8 Å². The van der Waals surface area contributed by atoms with E-state index in [0.29, 0.717) is 12.2 Å². The highest BCUT2D eigenvalue weighted by atomic mass is 19.1. The minimum Gasteiger partial charge on any atom is -0.478 e. The number of rotatable bonds is 2. The number of benzene rings is 1. The molecule has 15 heavy (non-hydrogen) atoms. The number of aromatic carboxylic acids is 1. The van der Waals surface area contributed by atoms with Crippen LogP contribution in [0.5, 0.6) is 0 Å². The molecule has 1 heterocycles. The first-order valence-corrected chi connectivity index (χ1v) is 4.70. The lowest BCUT2D eigenvalue weighted by Gasteiger charge is -2.39. The Morgan fingerprint density at radius 2 is 2.27 bits per heavy atom. The van der Waals surface area contributed by atoms with Gasteiger partial charge in [-0.2, -0.15) is 0 Å². The van der Waals surface area contributed by atoms with Gasteiger partial charge in [-0.15, -0.1) is 0 Å². The van der Waals surface area contributed by atoms with Gasteiger partial charge in [0.25, 0.3) is 0 Å². The van der Waals surface area contributed by atoms with Crippen molar-refractivity contribution in [2.75, 3.05) is 6.61 Å². The first-order chi connectivity index (χ1) is 7.03. The van der Waals surface area contributed by atoms with Gasteiger partial charge in [0.15, 0.2) is 0 Å². The molecule has 1 fully saturated rings. The number of carboxylic acid groups (broad SMARTS) is 1. The zero-order valence-corrected chi connectivity index (χ0v) is 8.29. The Kier molecular flexibility index (Phi) is 2.23. The largest absolute Gasteiger partial charge is 0.478 e. The number of ether oxygens (including phenoxy) is 1. The summed E-state index contributed by atoms with van der Waals surface area (Å²) in [5, 5.41) is 8.77. The predicted octanol–water partition coefficient (Wildman–Crippen LogP) is 2.16. The Balaban J connectivity index is 2.42. The van der Waals surface area contributed by atoms with Crippen molar-refractivity contribution in [2.24, 2.45) is 0 Å². The second kappa shape index (κ2) is 3.31. The highest BCUT2D eigenvalue weighted by molar-refractivity contribution is 5.88. The number of carbonyl (C=O) groups is 1. The van der Waals surface area contributed by atoms with Crippen LogP contribution in [0.15, 0.2) is 18.2 Å². The summed E-state index contributed by atoms with van der Waals surface area (Å²) >= 11 is 0. The summed E-state index contributed by atoms with van der Waals surface area (Å²) in [5.74, 6) is -1.97. The third-order valence-electron chi connectivity index (χ3n) is 2.81. The van der Waals surface area contributed by atoms with E-state index in [0.717, 1.165) is 6.42 Å². The number of halogens is 1. The molecular weight excluding hydrogens is 199 g/mol. The normalized spacial score (nSPS) is 24.7. The molecule has 1 aliphatic rings. The molecule has 1 aliphatic heterocycles. The molecule has 0 aromatic heterocycles. The third kappa shape index (κ3) is 1.61. The third-order valence-corrected chi connectivity index (χ3v) is 2.81. The molecular formula is C11H11FO3. The average Bonchev–Trinajstić information content (AvgIpc) is 2.14. The molecule has 1 aromatic rings. The van der Waals surface area contributed by atoms with E-state index in [1.165, 1.54) is 12.1 Å². The minimum absolute atomic E-state index is 0.302. The zero-order chi connectivity index (χ0) is 11.1. The summed E-state index contributed by atoms with van der Waals surface area (Å²) in [7, 11) is 0. The van der Waals surface area contributed by atoms with E-state index in [1.807, 2.05) is 6.92 Å². The van der Waals surface area contributed by atoms with Crippen molar-refractivity contribution >= 4 is 5.97 Å². The van der Waals surface area contributed by atoms with E-state index < -0.39 is 17.4 Å². The van der Waals surface area contributed by atoms with E-state index in [1.54, 1.807) is 6.07 Å². The van der Waals surface area contributed by atoms with E-state index in [-0.39, 0.29) is 5.56 Å². The average molecular weight is 210 g/mol. The topological polar surface area (TPSA) is 46.5 Å². The van der Waals surface area contributed by atoms with Crippen LogP contribution in [-0.2, 0) is 10.3 Å². The molecule has 0 bridgehead atoms. The Labute approximate surface area is 86.5 Å². The van der Waals surface area contributed by atoms with Crippen LogP contribution >= 0.6 is 0 Å². The molecule has 1 N–H and O–H groups in total. The van der Waals surface area contributed by atoms with Crippen molar-refractivity contribution in [3.63, 3.8) is 0 Å². The summed E-state index contributed by atoms with van der Waals surface area (Å²) in [6.07, 6.45) is 0.831. The van der Waals surface area contributed by atoms with Crippen molar-refractivity contribution in [1.82, 2.24) is 0 Å². The van der Waals surface area contributed by atoms with Crippen LogP contribution in [0.3, 0.4) is 0 Å². The summed E-state index contributed by atoms with van der Waals surface area (Å²) in [6.45, 7) is 2.53. The molecule has 1 saturated heterocycles. The van der Waals surface area contributed by atoms with Crippen molar-refractivity contribution in [3.05, 3.63) is 35.1 Å². The van der Waals surface area contributed by atoms with Crippen molar-refractivity contribution < 1.29 is 19.0 Å². The van der Waals surface area contributed by atoms with Crippen LogP contribution < -0.4 is 0 Å². The van der Waals surface area contributed by atoms with Crippen molar-refractivity contribution in [3.8, 4) is 0 Å². The minimum atomic E-state index is -1.25. The van der Waals surface area contributed by atoms with Crippen LogP contribution in [0, 0.1) is 5.82 Å². The summed E-state index contributed by atoms with van der Waals surface area (Å²) in [6, 6.07) is 4.09. The van der Waals surface area contributed by atoms with Gasteiger partial charge in [0.1, 0.15) is 5.82 Å². The SMILES string of the molecule is CC1(c2ccc(F)c(C(=O)O)c2)CCO1. The molecule has 0 amide bonds. The summed E-state index contributed by atoms with van der Waals surface area (Å²) in [4.78, 5) is 10.7. The number of carboxylic acids is 1. The molecule has 80 valence electrons. The standard InChI is InChI=1S/C11H11FO3/c1-11(4-5-15-11)7-2-3-9(12)8(6-7)10(13)14/h2-3,6H,4-5H2,1H3,(H,13,14). The van der Waals surface area contributed by atoms with Gasteiger partial charge >= 0.3 is 5.97 Å². The highest BCUT2D eigenvalue weighted by Gasteiger charge is 2.35. The first kappa shape index (κ1) is 10.1. The van der Waals surface area contributed by atoms with Crippen LogP contribution in [-0.4, -0.2) is 17.7 Å². The Morgan fingerprint density at radius 1 is 1.60 bits per heavy atom. The Morgan fingerprint density at radius 3 is 2.73 bits per heavy atom. The van der Waals surface area contributed by atoms with E-state index in [4.69, 9.17) is 9.84 Å². The first-order valence-electron chi connectivity index (χ1n) is 4.70. The van der Waals surface area contributed by atoms with Crippen LogP contribution in [0.1, 0.15) is 29.3 Å². The molecule has 1 atom stereocenters. The lowest BCUT2D eigenvalue weighted by molar-refractivity contribution is -0.140. The molecule has 2 rings (SSSR count). The summed E-state index contributed by atoms with van der Waals surface area (Å²) in [5.41, 5.74) is -0.0328. The predicted molar refractivity (Wildman–Crippen MR) is 51.3 cm³/mol. The molecule has 0 saturated carbocycles. The van der Waals surface area contributed by atoms with Crippen LogP contribution in [0.2, 0.25) is 0 Å². The van der Waals surface area contributed by atoms with Crippen molar-refractivity contribution in [1.29, 1.82) is 0 Å². The van der Waals surface area contributed by atoms with Crippen LogP contribution in [0.25, 0.3) is 0 Å². The van der Waals surface area contributed by atoms with E-state index in [2.05, 4.69) is 0 Å². The highest BCUT2D eigenvalue weighted by Crippen LogP contribution is 2.37. The maximum Gasteiger partial charge on any atom is 0.338 e. The molecule has 4 heteroatoms. The summed E-state index contributed by atoms with van der Waals surface area (Å²) < 4.78 is 18.5. The van der Waals surface area contributed by atoms with E-state index >= 15 is 0 Å². The number of hydrogen-bond donors (Lipinski definition) is 1. The Bertz CT molecular complexity index is 410. The zero-order valence-electron chi connectivity index (χ0n) is 8.29. The smallest absolute Gasteiger partial charge is 0.338 e. The second-order valence-corrected chi connectivity index (χ2v) is 3.83. The van der Waals surface area contributed by atoms with Crippen LogP contribution in [0.4, 0.5) is 4.39 Å². The van der Waals surface area contributed by atoms with Gasteiger partial charge in [0, 0.05) is 6.42 Å². The molecule has 0 aliphatic carbocycles. The maximum atomic E-state index is 13.1. The molecule has 0 spiro atoms. The lowest BCUT2D eigenvalue weighted by Crippen LogP contribution is -2.37. The van der Waals surface area contributed by atoms with Gasteiger partial charge < -0.3 is 9.84 Å². The quantitative estimate of drug-likeness (QED) is 0.813. The Hall–Kier alpha value is -1.42. The van der Waals surface area contributed by atoms with Gasteiger partial charge in [-0.3, -0.25) is 0 Å². The monoisotopic (exact) mass is 210 g/mol. The number of hydrogen-bond acceptors (Lipinski definition) is 2. The fraction of sp³-hybridized carbons (Fsp3) is 0.364. The fourth-order valence-corrected chi connectivity index (χ4v) is 1.65. The molecule has 1 aromatic carbocycles. The molecule has 0 radical (unpaired) electrons. The van der Waals surface area contributed by atoms with E-state index in [9.17, 15) is 9.18 Å². The molecule has 3 nitrogen and oxygen atoms in total. The van der Waals surface area contributed by atoms with Gasteiger partial charge in [-0.05, 0) is 24.6 Å².